The molecule has 0 saturated heterocycles. The molecule has 1 unspecified atom stereocenters. The van der Waals surface area contributed by atoms with Gasteiger partial charge in [0.15, 0.2) is 0 Å². The quantitative estimate of drug-likeness (QED) is 0.438. The van der Waals surface area contributed by atoms with E-state index in [-0.39, 0.29) is 0 Å². The standard InChI is InChI=1S/C12H25O.Sn/c1-3-5-6-7-8-9-11-12(13)10-4-2;/h12H,3-11H2,1-2H3;/q-1;+1. The van der Waals surface area contributed by atoms with Crippen molar-refractivity contribution >= 4 is 22.9 Å². The summed E-state index contributed by atoms with van der Waals surface area (Å²) < 4.78 is 5.51. The van der Waals surface area contributed by atoms with Gasteiger partial charge >= 0.3 is 104 Å². The van der Waals surface area contributed by atoms with Crippen LogP contribution in [0.2, 0.25) is 0 Å². The van der Waals surface area contributed by atoms with Gasteiger partial charge in [0.05, 0.1) is 0 Å². The van der Waals surface area contributed by atoms with Gasteiger partial charge in [-0.25, -0.2) is 0 Å². The van der Waals surface area contributed by atoms with Crippen molar-refractivity contribution in [3.63, 3.8) is 0 Å². The van der Waals surface area contributed by atoms with Crippen LogP contribution in [0.15, 0.2) is 0 Å². The van der Waals surface area contributed by atoms with Crippen molar-refractivity contribution in [1.82, 2.24) is 0 Å². The summed E-state index contributed by atoms with van der Waals surface area (Å²) in [6.07, 6.45) is 12.7. The second kappa shape index (κ2) is 11.8. The fourth-order valence-electron chi connectivity index (χ4n) is 1.74. The van der Waals surface area contributed by atoms with Crippen LogP contribution in [0.1, 0.15) is 71.6 Å². The van der Waals surface area contributed by atoms with Gasteiger partial charge in [0, 0.05) is 0 Å². The molecule has 0 aromatic rings. The Hall–Kier alpha value is 0.759. The molecule has 0 aliphatic rings. The van der Waals surface area contributed by atoms with Crippen LogP contribution in [0.5, 0.6) is 0 Å². The average Bonchev–Trinajstić information content (AvgIpc) is 2.21. The molecular formula is C12H25OSn. The third-order valence-corrected chi connectivity index (χ3v) is 3.61. The maximum atomic E-state index is 5.51. The zero-order chi connectivity index (χ0) is 10.6. The van der Waals surface area contributed by atoms with E-state index < -0.39 is 0 Å². The Labute approximate surface area is 104 Å². The van der Waals surface area contributed by atoms with Gasteiger partial charge < -0.3 is 0 Å². The van der Waals surface area contributed by atoms with Gasteiger partial charge in [0.1, 0.15) is 0 Å². The molecule has 1 nitrogen and oxygen atoms in total. The van der Waals surface area contributed by atoms with Gasteiger partial charge in [-0.1, -0.05) is 0 Å². The van der Waals surface area contributed by atoms with Gasteiger partial charge in [-0.2, -0.15) is 0 Å². The Morgan fingerprint density at radius 1 is 0.857 bits per heavy atom. The van der Waals surface area contributed by atoms with E-state index in [2.05, 4.69) is 13.8 Å². The van der Waals surface area contributed by atoms with Crippen molar-refractivity contribution in [2.75, 3.05) is 0 Å². The molecule has 0 heterocycles. The van der Waals surface area contributed by atoms with Crippen molar-refractivity contribution in [2.45, 2.75) is 77.7 Å². The summed E-state index contributed by atoms with van der Waals surface area (Å²) in [4.78, 5) is 0. The van der Waals surface area contributed by atoms with Crippen molar-refractivity contribution < 1.29 is 3.07 Å². The topological polar surface area (TPSA) is 9.23 Å². The van der Waals surface area contributed by atoms with Gasteiger partial charge in [-0.3, -0.25) is 0 Å². The van der Waals surface area contributed by atoms with E-state index in [4.69, 9.17) is 3.07 Å². The van der Waals surface area contributed by atoms with E-state index in [1.807, 2.05) is 0 Å². The Morgan fingerprint density at radius 3 is 2.07 bits per heavy atom. The molecule has 0 aliphatic carbocycles. The number of rotatable bonds is 10. The van der Waals surface area contributed by atoms with Gasteiger partial charge in [0.25, 0.3) is 0 Å². The fourth-order valence-corrected chi connectivity index (χ4v) is 2.41. The van der Waals surface area contributed by atoms with E-state index in [0.717, 1.165) is 0 Å². The van der Waals surface area contributed by atoms with Gasteiger partial charge in [0.2, 0.25) is 0 Å². The molecule has 0 saturated carbocycles. The van der Waals surface area contributed by atoms with Crippen LogP contribution in [0.3, 0.4) is 0 Å². The molecule has 14 heavy (non-hydrogen) atoms. The van der Waals surface area contributed by atoms with Crippen molar-refractivity contribution in [1.29, 1.82) is 0 Å². The number of hydrogen-bond donors (Lipinski definition) is 0. The summed E-state index contributed by atoms with van der Waals surface area (Å²) in [6.45, 7) is 4.51. The molecule has 0 N–H and O–H groups in total. The van der Waals surface area contributed by atoms with E-state index in [1.165, 1.54) is 80.7 Å². The van der Waals surface area contributed by atoms with Crippen LogP contribution in [0, 0.1) is 0 Å². The third-order valence-electron chi connectivity index (χ3n) is 2.66. The Balaban J connectivity index is 3.15. The normalized spacial score (nSPS) is 13.1. The number of unbranched alkanes of at least 4 members (excludes halogenated alkanes) is 5. The van der Waals surface area contributed by atoms with Crippen LogP contribution >= 0.6 is 0 Å². The molecule has 0 spiro atoms. The first kappa shape index (κ1) is 14.8. The summed E-state index contributed by atoms with van der Waals surface area (Å²) >= 11 is 1.24. The van der Waals surface area contributed by atoms with Crippen LogP contribution in [-0.4, -0.2) is 29.0 Å². The first-order valence-electron chi connectivity index (χ1n) is 6.17. The van der Waals surface area contributed by atoms with Crippen molar-refractivity contribution in [2.24, 2.45) is 0 Å². The molecule has 0 aromatic carbocycles. The summed E-state index contributed by atoms with van der Waals surface area (Å²) in [5.74, 6) is 0. The Morgan fingerprint density at radius 2 is 1.50 bits per heavy atom. The van der Waals surface area contributed by atoms with Crippen molar-refractivity contribution in [3.8, 4) is 0 Å². The Bertz CT molecular complexity index is 106. The van der Waals surface area contributed by atoms with E-state index in [1.54, 1.807) is 0 Å². The molecule has 2 heteroatoms. The molecule has 0 amide bonds. The molecule has 3 radical (unpaired) electrons. The molecule has 0 rings (SSSR count). The predicted molar refractivity (Wildman–Crippen MR) is 63.5 cm³/mol. The van der Waals surface area contributed by atoms with Crippen LogP contribution in [0.25, 0.3) is 0 Å². The molecule has 0 aliphatic heterocycles. The monoisotopic (exact) mass is 305 g/mol. The van der Waals surface area contributed by atoms with Crippen molar-refractivity contribution in [3.05, 3.63) is 0 Å². The van der Waals surface area contributed by atoms with Crippen LogP contribution in [-0.2, 0) is 3.07 Å². The molecule has 0 bridgehead atoms. The zero-order valence-electron chi connectivity index (χ0n) is 9.85. The third kappa shape index (κ3) is 9.32. The summed E-state index contributed by atoms with van der Waals surface area (Å²) in [7, 11) is 0. The minimum absolute atomic E-state index is 0.560. The molecule has 1 atom stereocenters. The summed E-state index contributed by atoms with van der Waals surface area (Å²) in [6, 6.07) is 0. The SMILES string of the molecule is CCCCCCCCC(CCC)[O][Sn]. The average molecular weight is 304 g/mol. The molecule has 0 aromatic heterocycles. The second-order valence-electron chi connectivity index (χ2n) is 4.08. The molecular weight excluding hydrogens is 279 g/mol. The van der Waals surface area contributed by atoms with E-state index in [9.17, 15) is 0 Å². The maximum absolute atomic E-state index is 5.51. The van der Waals surface area contributed by atoms with Gasteiger partial charge in [-0.15, -0.1) is 0 Å². The molecule has 0 fully saturated rings. The minimum atomic E-state index is 0.560. The zero-order valence-corrected chi connectivity index (χ0v) is 12.7. The summed E-state index contributed by atoms with van der Waals surface area (Å²) in [5.41, 5.74) is 0. The second-order valence-corrected chi connectivity index (χ2v) is 4.76. The van der Waals surface area contributed by atoms with Gasteiger partial charge in [-0.05, 0) is 0 Å². The fraction of sp³-hybridized carbons (Fsp3) is 1.00. The van der Waals surface area contributed by atoms with E-state index in [0.29, 0.717) is 6.10 Å². The number of hydrogen-bond acceptors (Lipinski definition) is 1. The first-order valence-corrected chi connectivity index (χ1v) is 7.34. The van der Waals surface area contributed by atoms with E-state index >= 15 is 0 Å². The summed E-state index contributed by atoms with van der Waals surface area (Å²) in [5, 5.41) is 0. The Kier molecular flexibility index (Phi) is 12.5. The predicted octanol–water partition coefficient (Wildman–Crippen LogP) is 4.01. The first-order chi connectivity index (χ1) is 6.85. The van der Waals surface area contributed by atoms with Crippen LogP contribution < -0.4 is 0 Å². The molecule has 83 valence electrons. The van der Waals surface area contributed by atoms with Crippen LogP contribution in [0.4, 0.5) is 0 Å².